The Morgan fingerprint density at radius 1 is 1.20 bits per heavy atom. The smallest absolute Gasteiger partial charge is 0.303 e. The molecule has 0 amide bonds. The number of nitrogens with one attached hydrogen (secondary N) is 1. The average molecular weight is 434 g/mol. The molecule has 0 heterocycles. The van der Waals surface area contributed by atoms with E-state index in [0.29, 0.717) is 24.2 Å². The van der Waals surface area contributed by atoms with E-state index in [4.69, 9.17) is 9.84 Å². The molecule has 4 atom stereocenters. The number of benzene rings is 1. The van der Waals surface area contributed by atoms with Gasteiger partial charge in [-0.2, -0.15) is 0 Å². The fraction of sp³-hybridized carbons (Fsp3) is 0.522. The molecule has 0 spiro atoms. The summed E-state index contributed by atoms with van der Waals surface area (Å²) in [5, 5.41) is 9.95. The van der Waals surface area contributed by atoms with Crippen molar-refractivity contribution in [2.45, 2.75) is 51.0 Å². The van der Waals surface area contributed by atoms with Gasteiger partial charge in [0.2, 0.25) is 10.0 Å². The molecule has 6 nitrogen and oxygen atoms in total. The topological polar surface area (TPSA) is 92.7 Å². The number of carbonyl (C=O) groups is 1. The van der Waals surface area contributed by atoms with Gasteiger partial charge >= 0.3 is 5.97 Å². The Hall–Kier alpha value is -2.12. The van der Waals surface area contributed by atoms with E-state index < -0.39 is 16.0 Å². The van der Waals surface area contributed by atoms with E-state index in [2.05, 4.69) is 10.8 Å². The summed E-state index contributed by atoms with van der Waals surface area (Å²) in [4.78, 5) is 10.6. The van der Waals surface area contributed by atoms with Gasteiger partial charge < -0.3 is 9.84 Å². The van der Waals surface area contributed by atoms with Gasteiger partial charge in [0.05, 0.1) is 7.11 Å². The first-order chi connectivity index (χ1) is 14.4. The molecule has 30 heavy (non-hydrogen) atoms. The van der Waals surface area contributed by atoms with Crippen molar-refractivity contribution in [1.29, 1.82) is 0 Å². The number of fused-ring (bicyclic) bond motifs is 2. The van der Waals surface area contributed by atoms with E-state index in [1.165, 1.54) is 11.8 Å². The Balaban J connectivity index is 1.57. The van der Waals surface area contributed by atoms with E-state index in [1.54, 1.807) is 25.3 Å². The maximum absolute atomic E-state index is 12.7. The fourth-order valence-electron chi connectivity index (χ4n) is 4.79. The highest BCUT2D eigenvalue weighted by atomic mass is 32.2. The second-order valence-electron chi connectivity index (χ2n) is 8.25. The van der Waals surface area contributed by atoms with Crippen LogP contribution in [0.4, 0.5) is 0 Å². The minimum Gasteiger partial charge on any atom is -0.497 e. The van der Waals surface area contributed by atoms with Crippen molar-refractivity contribution in [3.63, 3.8) is 0 Å². The van der Waals surface area contributed by atoms with Crippen LogP contribution < -0.4 is 9.46 Å². The molecule has 2 bridgehead atoms. The molecule has 2 fully saturated rings. The molecule has 4 unspecified atom stereocenters. The molecule has 1 aromatic carbocycles. The number of unbranched alkanes of at least 4 members (excludes halogenated alkanes) is 1. The number of hydrogen-bond donors (Lipinski definition) is 2. The molecular weight excluding hydrogens is 402 g/mol. The molecule has 164 valence electrons. The number of sulfonamides is 1. The summed E-state index contributed by atoms with van der Waals surface area (Å²) in [6, 6.07) is 7.21. The monoisotopic (exact) mass is 433 g/mol. The first-order valence-corrected chi connectivity index (χ1v) is 12.1. The molecule has 2 aliphatic carbocycles. The van der Waals surface area contributed by atoms with Crippen LogP contribution >= 0.6 is 0 Å². The number of aliphatic carboxylic acids is 1. The van der Waals surface area contributed by atoms with Gasteiger partial charge in [0.25, 0.3) is 0 Å². The predicted octanol–water partition coefficient (Wildman–Crippen LogP) is 4.20. The summed E-state index contributed by atoms with van der Waals surface area (Å²) < 4.78 is 33.4. The van der Waals surface area contributed by atoms with Crippen molar-refractivity contribution in [2.24, 2.45) is 17.8 Å². The van der Waals surface area contributed by atoms with Crippen LogP contribution in [0.15, 0.2) is 41.8 Å². The normalized spacial score (nSPS) is 26.0. The molecule has 2 saturated carbocycles. The number of methoxy groups -OCH3 is 1. The maximum Gasteiger partial charge on any atom is 0.303 e. The lowest BCUT2D eigenvalue weighted by molar-refractivity contribution is -0.137. The standard InChI is InChI=1S/C23H31NO5S/c1-29-20-12-8-17(9-13-20)14-15-30(27,28)24-23-19-11-10-18(16-19)21(23)6-4-2-3-5-7-22(25)26/h2,4,8-9,12-15,18-19,21,23-24H,3,5-7,10-11,16H2,1H3,(H,25,26)/b4-2+,15-14+. The van der Waals surface area contributed by atoms with Crippen molar-refractivity contribution in [1.82, 2.24) is 4.72 Å². The minimum absolute atomic E-state index is 0.0297. The van der Waals surface area contributed by atoms with E-state index in [1.807, 2.05) is 18.2 Å². The summed E-state index contributed by atoms with van der Waals surface area (Å²) in [7, 11) is -1.94. The Morgan fingerprint density at radius 3 is 2.63 bits per heavy atom. The van der Waals surface area contributed by atoms with Gasteiger partial charge in [0.15, 0.2) is 0 Å². The summed E-state index contributed by atoms with van der Waals surface area (Å²) >= 11 is 0. The molecule has 0 saturated heterocycles. The van der Waals surface area contributed by atoms with Crippen LogP contribution in [0, 0.1) is 17.8 Å². The van der Waals surface area contributed by atoms with Crippen LogP contribution in [-0.4, -0.2) is 32.6 Å². The Morgan fingerprint density at radius 2 is 1.93 bits per heavy atom. The number of carboxylic acids is 1. The summed E-state index contributed by atoms with van der Waals surface area (Å²) in [6.45, 7) is 0. The SMILES string of the molecule is COc1ccc(/C=C/S(=O)(=O)NC2C3CCC(C3)C2C/C=C/CCCC(=O)O)cc1. The molecule has 0 aromatic heterocycles. The largest absolute Gasteiger partial charge is 0.497 e. The molecule has 0 radical (unpaired) electrons. The lowest BCUT2D eigenvalue weighted by atomic mass is 9.83. The highest BCUT2D eigenvalue weighted by molar-refractivity contribution is 7.92. The van der Waals surface area contributed by atoms with E-state index in [-0.39, 0.29) is 12.5 Å². The van der Waals surface area contributed by atoms with Gasteiger partial charge in [-0.25, -0.2) is 13.1 Å². The second kappa shape index (κ2) is 10.3. The summed E-state index contributed by atoms with van der Waals surface area (Å²) in [5.41, 5.74) is 0.801. The van der Waals surface area contributed by atoms with E-state index in [0.717, 1.165) is 37.0 Å². The highest BCUT2D eigenvalue weighted by Gasteiger charge is 2.47. The van der Waals surface area contributed by atoms with Crippen molar-refractivity contribution in [3.8, 4) is 5.75 Å². The maximum atomic E-state index is 12.7. The quantitative estimate of drug-likeness (QED) is 0.403. The first-order valence-electron chi connectivity index (χ1n) is 10.6. The zero-order valence-corrected chi connectivity index (χ0v) is 18.2. The van der Waals surface area contributed by atoms with Gasteiger partial charge in [0, 0.05) is 17.9 Å². The molecular formula is C23H31NO5S. The lowest BCUT2D eigenvalue weighted by Gasteiger charge is -2.30. The summed E-state index contributed by atoms with van der Waals surface area (Å²) in [6.07, 6.45) is 11.5. The number of allylic oxidation sites excluding steroid dienone is 2. The minimum atomic E-state index is -3.53. The Labute approximate surface area is 179 Å². The Kier molecular flexibility index (Phi) is 7.72. The molecule has 7 heteroatoms. The molecule has 0 aliphatic heterocycles. The fourth-order valence-corrected chi connectivity index (χ4v) is 5.95. The molecule has 2 aliphatic rings. The van der Waals surface area contributed by atoms with E-state index in [9.17, 15) is 13.2 Å². The van der Waals surface area contributed by atoms with Crippen LogP contribution in [0.3, 0.4) is 0 Å². The highest BCUT2D eigenvalue weighted by Crippen LogP contribution is 2.50. The third kappa shape index (κ3) is 6.19. The van der Waals surface area contributed by atoms with Crippen molar-refractivity contribution >= 4 is 22.1 Å². The van der Waals surface area contributed by atoms with Gasteiger partial charge in [-0.3, -0.25) is 4.79 Å². The third-order valence-electron chi connectivity index (χ3n) is 6.28. The van der Waals surface area contributed by atoms with Crippen molar-refractivity contribution < 1.29 is 23.1 Å². The summed E-state index contributed by atoms with van der Waals surface area (Å²) in [5.74, 6) is 1.24. The van der Waals surface area contributed by atoms with E-state index >= 15 is 0 Å². The van der Waals surface area contributed by atoms with Crippen molar-refractivity contribution in [2.75, 3.05) is 7.11 Å². The van der Waals surface area contributed by atoms with Crippen LogP contribution in [0.2, 0.25) is 0 Å². The number of ether oxygens (including phenoxy) is 1. The van der Waals surface area contributed by atoms with Gasteiger partial charge in [-0.05, 0) is 80.1 Å². The second-order valence-corrected chi connectivity index (χ2v) is 9.85. The molecule has 2 N–H and O–H groups in total. The van der Waals surface area contributed by atoms with Crippen LogP contribution in [-0.2, 0) is 14.8 Å². The zero-order valence-electron chi connectivity index (χ0n) is 17.4. The number of hydrogen-bond acceptors (Lipinski definition) is 4. The molecule has 3 rings (SSSR count). The Bertz CT molecular complexity index is 875. The number of rotatable bonds is 11. The van der Waals surface area contributed by atoms with Gasteiger partial charge in [-0.15, -0.1) is 0 Å². The van der Waals surface area contributed by atoms with Gasteiger partial charge in [-0.1, -0.05) is 24.3 Å². The zero-order chi connectivity index (χ0) is 21.6. The van der Waals surface area contributed by atoms with Crippen LogP contribution in [0.1, 0.15) is 50.5 Å². The average Bonchev–Trinajstić information content (AvgIpc) is 3.31. The third-order valence-corrected chi connectivity index (χ3v) is 7.38. The predicted molar refractivity (Wildman–Crippen MR) is 117 cm³/mol. The lowest BCUT2D eigenvalue weighted by Crippen LogP contribution is -2.43. The van der Waals surface area contributed by atoms with Crippen LogP contribution in [0.25, 0.3) is 6.08 Å². The van der Waals surface area contributed by atoms with Gasteiger partial charge in [0.1, 0.15) is 5.75 Å². The number of carboxylic acid groups (broad SMARTS) is 1. The molecule has 1 aromatic rings. The first kappa shape index (κ1) is 22.6. The van der Waals surface area contributed by atoms with Crippen molar-refractivity contribution in [3.05, 3.63) is 47.4 Å². The van der Waals surface area contributed by atoms with Crippen LogP contribution in [0.5, 0.6) is 5.75 Å².